The molecule has 4 aliphatic rings. The van der Waals surface area contributed by atoms with Gasteiger partial charge in [-0.25, -0.2) is 12.1 Å². The number of aromatic nitrogens is 4. The van der Waals surface area contributed by atoms with Gasteiger partial charge in [0.15, 0.2) is 6.71 Å². The zero-order chi connectivity index (χ0) is 42.4. The molecule has 0 amide bonds. The number of hydrogen-bond donors (Lipinski definition) is 0. The summed E-state index contributed by atoms with van der Waals surface area (Å²) < 4.78 is 14.6. The Bertz CT molecular complexity index is 3230. The van der Waals surface area contributed by atoms with Crippen molar-refractivity contribution >= 4 is 93.2 Å². The zero-order valence-corrected chi connectivity index (χ0v) is 43.5. The van der Waals surface area contributed by atoms with E-state index in [1.165, 1.54) is 66.9 Å². The number of imidazole rings is 2. The molecule has 4 aliphatic heterocycles. The van der Waals surface area contributed by atoms with E-state index in [1.807, 2.05) is 70.3 Å². The molecule has 13 rings (SSSR count). The summed E-state index contributed by atoms with van der Waals surface area (Å²) in [5.74, 6) is 0.605. The molecular formula is C52H32B2N4OPt2S4+2. The largest absolute Gasteiger partial charge is 4.00 e. The summed E-state index contributed by atoms with van der Waals surface area (Å²) >= 11 is 7.29. The first-order chi connectivity index (χ1) is 30.7. The minimum absolute atomic E-state index is 0. The normalized spacial score (nSPS) is 13.4. The average Bonchev–Trinajstić information content (AvgIpc) is 3.98. The van der Waals surface area contributed by atoms with Crippen LogP contribution in [-0.2, 0) is 56.2 Å². The van der Waals surface area contributed by atoms with Crippen molar-refractivity contribution in [3.63, 3.8) is 0 Å². The zero-order valence-electron chi connectivity index (χ0n) is 35.7. The van der Waals surface area contributed by atoms with Crippen LogP contribution in [0.4, 0.5) is 0 Å². The van der Waals surface area contributed by atoms with Crippen LogP contribution in [0.1, 0.15) is 22.8 Å². The molecule has 65 heavy (non-hydrogen) atoms. The standard InChI is InChI=1S/C52H32B2N4OS4.2Pt/c1-29-31(3)57(27-55(29)5)36-15-19-45-40(24-36)53-38-21-33(13-17-43(38)60-47-9-7-11-49(62-45)51(47)53)35-23-42(59-26-35)34-14-18-44-39(22-34)54-41-25-37(58-28-56(6)30(2)32(58)4)16-20-46(41)63-50-12-8-10-48(61-44)52(50)54;;/h7-20H,1-6H3;;/q-6;2*+4. The molecule has 0 N–H and O–H groups in total. The third-order valence-electron chi connectivity index (χ3n) is 13.1. The summed E-state index contributed by atoms with van der Waals surface area (Å²) in [7, 11) is 4.08. The SMILES string of the molecule is Cc1c(C)[n+](C)[c-]n1-c1[c-]c2c(cc1)Sc1cccc3c1B2c1[c-]c(-c2[c-]oc(-c4[c-]c5c(cc4)Sc4cccc6c4B5c4[c-]c(-n5[c-][n+](C)c(C)c5C)ccc4S6)[c-]2)ccc1S3.[Pt+4].[Pt+4]. The molecule has 0 radical (unpaired) electrons. The summed E-state index contributed by atoms with van der Waals surface area (Å²) in [6.07, 6.45) is 10.2. The van der Waals surface area contributed by atoms with Crippen molar-refractivity contribution in [1.29, 1.82) is 0 Å². The second-order valence-corrected chi connectivity index (χ2v) is 20.9. The minimum atomic E-state index is -0.0352. The number of fused-ring (bicyclic) bond motifs is 8. The summed E-state index contributed by atoms with van der Waals surface area (Å²) in [6.45, 7) is 8.48. The van der Waals surface area contributed by atoms with Gasteiger partial charge in [0.25, 0.3) is 0 Å². The molecule has 0 atom stereocenters. The minimum Gasteiger partial charge on any atom is -0.631 e. The number of rotatable bonds is 4. The van der Waals surface area contributed by atoms with Crippen LogP contribution in [0.25, 0.3) is 33.8 Å². The first-order valence-corrected chi connectivity index (χ1v) is 24.1. The Kier molecular flexibility index (Phi) is 10.9. The Hall–Kier alpha value is -4.07. The van der Waals surface area contributed by atoms with E-state index in [4.69, 9.17) is 4.42 Å². The van der Waals surface area contributed by atoms with Gasteiger partial charge >= 0.3 is 42.1 Å². The van der Waals surface area contributed by atoms with Crippen LogP contribution < -0.4 is 41.9 Å². The Balaban J connectivity index is 0.00000234. The molecule has 0 saturated heterocycles. The van der Waals surface area contributed by atoms with Gasteiger partial charge in [-0.15, -0.1) is 74.9 Å². The van der Waals surface area contributed by atoms with Crippen molar-refractivity contribution in [2.24, 2.45) is 14.1 Å². The van der Waals surface area contributed by atoms with Crippen molar-refractivity contribution in [3.8, 4) is 33.8 Å². The topological polar surface area (TPSA) is 30.8 Å². The summed E-state index contributed by atoms with van der Waals surface area (Å²) in [5.41, 5.74) is 16.4. The van der Waals surface area contributed by atoms with Crippen LogP contribution in [0.3, 0.4) is 0 Å². The molecule has 314 valence electrons. The summed E-state index contributed by atoms with van der Waals surface area (Å²) in [4.78, 5) is 9.92. The molecule has 9 aromatic rings. The quantitative estimate of drug-likeness (QED) is 0.116. The van der Waals surface area contributed by atoms with Crippen molar-refractivity contribution in [2.45, 2.75) is 66.9 Å². The predicted octanol–water partition coefficient (Wildman–Crippen LogP) is 6.37. The summed E-state index contributed by atoms with van der Waals surface area (Å²) in [6, 6.07) is 49.9. The average molecular weight is 1270 g/mol. The van der Waals surface area contributed by atoms with E-state index in [-0.39, 0.29) is 55.6 Å². The molecule has 6 aromatic carbocycles. The second-order valence-electron chi connectivity index (χ2n) is 16.5. The number of nitrogens with zero attached hydrogens (tertiary/aromatic N) is 4. The number of benzene rings is 6. The van der Waals surface area contributed by atoms with Gasteiger partial charge in [0.1, 0.15) is 0 Å². The van der Waals surface area contributed by atoms with Crippen LogP contribution >= 0.6 is 47.0 Å². The van der Waals surface area contributed by atoms with Gasteiger partial charge in [0.05, 0.1) is 14.1 Å². The van der Waals surface area contributed by atoms with Gasteiger partial charge in [0, 0.05) is 22.8 Å². The summed E-state index contributed by atoms with van der Waals surface area (Å²) in [5, 5.41) is 0. The van der Waals surface area contributed by atoms with E-state index in [0.717, 1.165) is 55.8 Å². The smallest absolute Gasteiger partial charge is 0.631 e. The molecule has 0 fully saturated rings. The molecule has 0 spiro atoms. The van der Waals surface area contributed by atoms with Crippen LogP contribution in [0, 0.1) is 76.9 Å². The molecule has 3 aromatic heterocycles. The maximum Gasteiger partial charge on any atom is 4.00 e. The maximum atomic E-state index is 6.29. The van der Waals surface area contributed by atoms with Gasteiger partial charge in [-0.05, 0) is 82.5 Å². The van der Waals surface area contributed by atoms with Crippen molar-refractivity contribution in [3.05, 3.63) is 157 Å². The first-order valence-electron chi connectivity index (χ1n) is 20.8. The Labute approximate surface area is 425 Å². The first kappa shape index (κ1) is 43.5. The molecular weight excluding hydrogens is 1240 g/mol. The Morgan fingerprint density at radius 2 is 0.877 bits per heavy atom. The molecule has 0 saturated carbocycles. The van der Waals surface area contributed by atoms with Crippen LogP contribution in [0.15, 0.2) is 129 Å². The molecule has 0 unspecified atom stereocenters. The molecule has 13 heteroatoms. The fourth-order valence-corrected chi connectivity index (χ4v) is 14.1. The number of furan rings is 1. The third kappa shape index (κ3) is 6.72. The third-order valence-corrected chi connectivity index (χ3v) is 17.7. The van der Waals surface area contributed by atoms with E-state index in [2.05, 4.69) is 171 Å². The van der Waals surface area contributed by atoms with Gasteiger partial charge in [-0.1, -0.05) is 39.1 Å². The Morgan fingerprint density at radius 3 is 1.31 bits per heavy atom. The number of aryl methyl sites for hydroxylation is 2. The van der Waals surface area contributed by atoms with E-state index >= 15 is 0 Å². The monoisotopic (exact) mass is 1270 g/mol. The number of hydrogen-bond acceptors (Lipinski definition) is 5. The van der Waals surface area contributed by atoms with E-state index in [9.17, 15) is 0 Å². The van der Waals surface area contributed by atoms with Gasteiger partial charge in [0.2, 0.25) is 19.4 Å². The second kappa shape index (κ2) is 16.3. The van der Waals surface area contributed by atoms with Gasteiger partial charge < -0.3 is 39.9 Å². The van der Waals surface area contributed by atoms with Crippen molar-refractivity contribution in [2.75, 3.05) is 0 Å². The maximum absolute atomic E-state index is 6.29. The predicted molar refractivity (Wildman–Crippen MR) is 252 cm³/mol. The van der Waals surface area contributed by atoms with E-state index in [1.54, 1.807) is 0 Å². The van der Waals surface area contributed by atoms with E-state index < -0.39 is 0 Å². The molecule has 0 bridgehead atoms. The fourth-order valence-electron chi connectivity index (χ4n) is 9.42. The Morgan fingerprint density at radius 1 is 0.477 bits per heavy atom. The van der Waals surface area contributed by atoms with E-state index in [0.29, 0.717) is 5.76 Å². The van der Waals surface area contributed by atoms with Gasteiger partial charge in [-0.3, -0.25) is 0 Å². The fraction of sp³-hybridized carbons (Fsp3) is 0.115. The van der Waals surface area contributed by atoms with Crippen LogP contribution in [0.2, 0.25) is 0 Å². The molecule has 5 nitrogen and oxygen atoms in total. The van der Waals surface area contributed by atoms with Crippen molar-refractivity contribution < 1.29 is 55.7 Å². The van der Waals surface area contributed by atoms with Crippen LogP contribution in [0.5, 0.6) is 0 Å². The van der Waals surface area contributed by atoms with Gasteiger partial charge in [-0.2, -0.15) is 76.3 Å². The van der Waals surface area contributed by atoms with Crippen LogP contribution in [-0.4, -0.2) is 22.6 Å². The van der Waals surface area contributed by atoms with Crippen molar-refractivity contribution in [1.82, 2.24) is 9.13 Å². The molecule has 0 aliphatic carbocycles. The molecule has 7 heterocycles.